The van der Waals surface area contributed by atoms with Gasteiger partial charge < -0.3 is 10.2 Å². The molecule has 0 radical (unpaired) electrons. The first-order valence-corrected chi connectivity index (χ1v) is 6.21. The lowest BCUT2D eigenvalue weighted by atomic mass is 10.3. The molecule has 0 unspecified atom stereocenters. The lowest BCUT2D eigenvalue weighted by Gasteiger charge is -2.14. The van der Waals surface area contributed by atoms with Crippen molar-refractivity contribution in [2.75, 3.05) is 31.5 Å². The summed E-state index contributed by atoms with van der Waals surface area (Å²) in [4.78, 5) is 6.68. The molecule has 0 aromatic carbocycles. The van der Waals surface area contributed by atoms with Gasteiger partial charge in [0.15, 0.2) is 0 Å². The lowest BCUT2D eigenvalue weighted by molar-refractivity contribution is 0.337. The number of nitrogens with zero attached hydrogens (tertiary/aromatic N) is 3. The fraction of sp³-hybridized carbons (Fsp3) is 0.538. The average molecular weight is 230 g/mol. The Hall–Kier alpha value is -1.60. The normalized spacial score (nSPS) is 15.7. The molecule has 2 rings (SSSR count). The molecule has 1 aliphatic heterocycles. The molecule has 4 nitrogen and oxygen atoms in total. The molecular formula is C13H18N4. The third-order valence-electron chi connectivity index (χ3n) is 3.04. The van der Waals surface area contributed by atoms with E-state index in [1.165, 1.54) is 25.9 Å². The average Bonchev–Trinajstić information content (AvgIpc) is 2.88. The van der Waals surface area contributed by atoms with Crippen LogP contribution in [0.15, 0.2) is 18.3 Å². The van der Waals surface area contributed by atoms with Crippen LogP contribution in [-0.2, 0) is 0 Å². The molecule has 1 saturated heterocycles. The Morgan fingerprint density at radius 2 is 2.24 bits per heavy atom. The number of anilines is 1. The number of likely N-dealkylation sites (tertiary alicyclic amines) is 1. The van der Waals surface area contributed by atoms with Crippen LogP contribution in [0.4, 0.5) is 5.82 Å². The van der Waals surface area contributed by atoms with Gasteiger partial charge in [-0.3, -0.25) is 0 Å². The molecule has 1 aliphatic rings. The highest BCUT2D eigenvalue weighted by Gasteiger charge is 2.09. The molecule has 1 fully saturated rings. The minimum Gasteiger partial charge on any atom is -0.370 e. The number of aromatic nitrogens is 1. The molecule has 0 saturated carbocycles. The number of rotatable bonds is 5. The van der Waals surface area contributed by atoms with Gasteiger partial charge >= 0.3 is 0 Å². The maximum Gasteiger partial charge on any atom is 0.127 e. The van der Waals surface area contributed by atoms with E-state index in [2.05, 4.69) is 21.3 Å². The third-order valence-corrected chi connectivity index (χ3v) is 3.04. The summed E-state index contributed by atoms with van der Waals surface area (Å²) in [6.07, 6.45) is 5.48. The zero-order chi connectivity index (χ0) is 11.9. The molecule has 1 aromatic rings. The molecule has 0 bridgehead atoms. The van der Waals surface area contributed by atoms with E-state index in [0.29, 0.717) is 5.56 Å². The van der Waals surface area contributed by atoms with Crippen LogP contribution in [0.25, 0.3) is 0 Å². The van der Waals surface area contributed by atoms with Gasteiger partial charge in [-0.25, -0.2) is 4.98 Å². The Morgan fingerprint density at radius 3 is 3.00 bits per heavy atom. The second-order valence-corrected chi connectivity index (χ2v) is 4.37. The molecule has 0 spiro atoms. The summed E-state index contributed by atoms with van der Waals surface area (Å²) >= 11 is 0. The van der Waals surface area contributed by atoms with Gasteiger partial charge in [0, 0.05) is 12.7 Å². The fourth-order valence-corrected chi connectivity index (χ4v) is 2.12. The van der Waals surface area contributed by atoms with Crippen molar-refractivity contribution < 1.29 is 0 Å². The van der Waals surface area contributed by atoms with E-state index in [1.54, 1.807) is 18.3 Å². The Labute approximate surface area is 102 Å². The summed E-state index contributed by atoms with van der Waals surface area (Å²) in [7, 11) is 0. The van der Waals surface area contributed by atoms with Crippen LogP contribution < -0.4 is 5.32 Å². The highest BCUT2D eigenvalue weighted by molar-refractivity contribution is 5.42. The molecule has 17 heavy (non-hydrogen) atoms. The van der Waals surface area contributed by atoms with Crippen LogP contribution in [0.5, 0.6) is 0 Å². The highest BCUT2D eigenvalue weighted by Crippen LogP contribution is 2.08. The van der Waals surface area contributed by atoms with E-state index in [4.69, 9.17) is 5.26 Å². The molecule has 0 amide bonds. The highest BCUT2D eigenvalue weighted by atomic mass is 15.1. The largest absolute Gasteiger partial charge is 0.370 e. The quantitative estimate of drug-likeness (QED) is 0.784. The van der Waals surface area contributed by atoms with Crippen molar-refractivity contribution in [2.45, 2.75) is 19.3 Å². The molecule has 2 heterocycles. The van der Waals surface area contributed by atoms with Crippen LogP contribution in [0.2, 0.25) is 0 Å². The zero-order valence-corrected chi connectivity index (χ0v) is 10.0. The van der Waals surface area contributed by atoms with Gasteiger partial charge in [-0.15, -0.1) is 0 Å². The minimum absolute atomic E-state index is 0.655. The van der Waals surface area contributed by atoms with Gasteiger partial charge in [0.1, 0.15) is 5.82 Å². The Bertz CT molecular complexity index is 391. The van der Waals surface area contributed by atoms with E-state index >= 15 is 0 Å². The summed E-state index contributed by atoms with van der Waals surface area (Å²) in [6.45, 7) is 4.58. The first-order valence-electron chi connectivity index (χ1n) is 6.21. The van der Waals surface area contributed by atoms with Crippen molar-refractivity contribution in [3.63, 3.8) is 0 Å². The molecule has 1 N–H and O–H groups in total. The molecule has 0 aliphatic carbocycles. The lowest BCUT2D eigenvalue weighted by Crippen LogP contribution is -2.22. The van der Waals surface area contributed by atoms with Gasteiger partial charge in [0.25, 0.3) is 0 Å². The number of pyridine rings is 1. The number of hydrogen-bond donors (Lipinski definition) is 1. The Balaban J connectivity index is 1.68. The maximum absolute atomic E-state index is 8.76. The number of nitriles is 1. The van der Waals surface area contributed by atoms with Gasteiger partial charge in [0.2, 0.25) is 0 Å². The van der Waals surface area contributed by atoms with Crippen LogP contribution in [0.1, 0.15) is 24.8 Å². The standard InChI is InChI=1S/C13H18N4/c14-11-12-4-6-16-13(10-12)15-5-3-9-17-7-1-2-8-17/h4,6,10H,1-3,5,7-9H2,(H,15,16). The summed E-state index contributed by atoms with van der Waals surface area (Å²) in [6, 6.07) is 5.62. The summed E-state index contributed by atoms with van der Waals surface area (Å²) < 4.78 is 0. The summed E-state index contributed by atoms with van der Waals surface area (Å²) in [5, 5.41) is 12.0. The van der Waals surface area contributed by atoms with Crippen molar-refractivity contribution in [1.29, 1.82) is 5.26 Å². The van der Waals surface area contributed by atoms with Crippen molar-refractivity contribution >= 4 is 5.82 Å². The molecule has 4 heteroatoms. The van der Waals surface area contributed by atoms with E-state index in [9.17, 15) is 0 Å². The van der Waals surface area contributed by atoms with Gasteiger partial charge in [-0.1, -0.05) is 0 Å². The number of nitrogens with one attached hydrogen (secondary N) is 1. The van der Waals surface area contributed by atoms with Gasteiger partial charge in [-0.2, -0.15) is 5.26 Å². The van der Waals surface area contributed by atoms with Gasteiger partial charge in [-0.05, 0) is 51.0 Å². The first-order chi connectivity index (χ1) is 8.38. The van der Waals surface area contributed by atoms with Crippen molar-refractivity contribution in [3.8, 4) is 6.07 Å². The smallest absolute Gasteiger partial charge is 0.127 e. The minimum atomic E-state index is 0.655. The van der Waals surface area contributed by atoms with Crippen molar-refractivity contribution in [1.82, 2.24) is 9.88 Å². The molecule has 90 valence electrons. The van der Waals surface area contributed by atoms with E-state index in [1.807, 2.05) is 0 Å². The maximum atomic E-state index is 8.76. The fourth-order valence-electron chi connectivity index (χ4n) is 2.12. The molecular weight excluding hydrogens is 212 g/mol. The molecule has 0 atom stereocenters. The predicted molar refractivity (Wildman–Crippen MR) is 67.7 cm³/mol. The van der Waals surface area contributed by atoms with E-state index in [-0.39, 0.29) is 0 Å². The third kappa shape index (κ3) is 3.72. The monoisotopic (exact) mass is 230 g/mol. The first kappa shape index (κ1) is 11.9. The molecule has 1 aromatic heterocycles. The second-order valence-electron chi connectivity index (χ2n) is 4.37. The van der Waals surface area contributed by atoms with Crippen LogP contribution in [0, 0.1) is 11.3 Å². The SMILES string of the molecule is N#Cc1ccnc(NCCCN2CCCC2)c1. The second kappa shape index (κ2) is 6.21. The van der Waals surface area contributed by atoms with Crippen LogP contribution in [0.3, 0.4) is 0 Å². The Kier molecular flexibility index (Phi) is 4.34. The van der Waals surface area contributed by atoms with E-state index in [0.717, 1.165) is 25.3 Å². The summed E-state index contributed by atoms with van der Waals surface area (Å²) in [5.41, 5.74) is 0.655. The van der Waals surface area contributed by atoms with Crippen LogP contribution in [-0.4, -0.2) is 36.1 Å². The van der Waals surface area contributed by atoms with Crippen molar-refractivity contribution in [2.24, 2.45) is 0 Å². The topological polar surface area (TPSA) is 52.0 Å². The van der Waals surface area contributed by atoms with Crippen molar-refractivity contribution in [3.05, 3.63) is 23.9 Å². The Morgan fingerprint density at radius 1 is 1.41 bits per heavy atom. The zero-order valence-electron chi connectivity index (χ0n) is 10.0. The number of hydrogen-bond acceptors (Lipinski definition) is 4. The summed E-state index contributed by atoms with van der Waals surface area (Å²) in [5.74, 6) is 0.797. The van der Waals surface area contributed by atoms with Crippen LogP contribution >= 0.6 is 0 Å². The predicted octanol–water partition coefficient (Wildman–Crippen LogP) is 1.85. The van der Waals surface area contributed by atoms with E-state index < -0.39 is 0 Å². The van der Waals surface area contributed by atoms with Gasteiger partial charge in [0.05, 0.1) is 11.6 Å².